The van der Waals surface area contributed by atoms with Gasteiger partial charge < -0.3 is 14.2 Å². The summed E-state index contributed by atoms with van der Waals surface area (Å²) in [5.74, 6) is 1.17. The highest BCUT2D eigenvalue weighted by atomic mass is 79.9. The van der Waals surface area contributed by atoms with E-state index in [-0.39, 0.29) is 6.79 Å². The third-order valence-corrected chi connectivity index (χ3v) is 2.74. The molecular weight excluding hydrogens is 271 g/mol. The van der Waals surface area contributed by atoms with Crippen LogP contribution in [0.1, 0.15) is 0 Å². The van der Waals surface area contributed by atoms with E-state index in [2.05, 4.69) is 15.9 Å². The molecule has 0 aromatic heterocycles. The van der Waals surface area contributed by atoms with E-state index in [0.29, 0.717) is 16.5 Å². The molecule has 5 heteroatoms. The van der Waals surface area contributed by atoms with Gasteiger partial charge in [-0.15, -0.1) is 0 Å². The number of hydrogen-bond donors (Lipinski definition) is 0. The Balaban J connectivity index is 2.95. The molecule has 0 aliphatic carbocycles. The monoisotopic (exact) mass is 280 g/mol. The lowest BCUT2D eigenvalue weighted by atomic mass is 10.3. The quantitative estimate of drug-likeness (QED) is 0.794. The van der Waals surface area contributed by atoms with E-state index in [0.717, 1.165) is 4.47 Å². The van der Waals surface area contributed by atoms with Gasteiger partial charge in [-0.25, -0.2) is 0 Å². The zero-order valence-corrected chi connectivity index (χ0v) is 10.2. The SMILES string of the molecule is COCOc1cc(Br)c(Cl)cc1OC. The standard InChI is InChI=1S/C9H10BrClO3/c1-12-5-14-9-3-6(10)7(11)4-8(9)13-2/h3-4H,5H2,1-2H3. The van der Waals surface area contributed by atoms with Crippen LogP contribution in [0.3, 0.4) is 0 Å². The number of benzene rings is 1. The molecule has 0 bridgehead atoms. The van der Waals surface area contributed by atoms with Crippen LogP contribution in [0.25, 0.3) is 0 Å². The summed E-state index contributed by atoms with van der Waals surface area (Å²) in [7, 11) is 3.11. The van der Waals surface area contributed by atoms with Gasteiger partial charge in [0.2, 0.25) is 0 Å². The molecule has 0 saturated heterocycles. The molecule has 0 aliphatic rings. The summed E-state index contributed by atoms with van der Waals surface area (Å²) in [5.41, 5.74) is 0. The van der Waals surface area contributed by atoms with Crippen LogP contribution < -0.4 is 9.47 Å². The molecule has 1 aromatic rings. The van der Waals surface area contributed by atoms with Gasteiger partial charge in [0.1, 0.15) is 0 Å². The Labute approximate surface area is 96.0 Å². The van der Waals surface area contributed by atoms with E-state index in [9.17, 15) is 0 Å². The van der Waals surface area contributed by atoms with Gasteiger partial charge in [-0.1, -0.05) is 11.6 Å². The Bertz CT molecular complexity index is 317. The van der Waals surface area contributed by atoms with Crippen LogP contribution in [-0.2, 0) is 4.74 Å². The minimum atomic E-state index is 0.171. The van der Waals surface area contributed by atoms with Crippen molar-refractivity contribution in [2.45, 2.75) is 0 Å². The molecule has 3 nitrogen and oxygen atoms in total. The number of ether oxygens (including phenoxy) is 3. The third kappa shape index (κ3) is 2.77. The van der Waals surface area contributed by atoms with Gasteiger partial charge in [-0.3, -0.25) is 0 Å². The van der Waals surface area contributed by atoms with Gasteiger partial charge in [0.15, 0.2) is 18.3 Å². The van der Waals surface area contributed by atoms with E-state index in [1.165, 1.54) is 0 Å². The highest BCUT2D eigenvalue weighted by Crippen LogP contribution is 2.35. The zero-order chi connectivity index (χ0) is 10.6. The lowest BCUT2D eigenvalue weighted by Gasteiger charge is -2.10. The first kappa shape index (κ1) is 11.6. The number of methoxy groups -OCH3 is 2. The van der Waals surface area contributed by atoms with Gasteiger partial charge in [0.05, 0.1) is 12.1 Å². The molecule has 0 heterocycles. The van der Waals surface area contributed by atoms with Crippen LogP contribution in [0.5, 0.6) is 11.5 Å². The van der Waals surface area contributed by atoms with Crippen LogP contribution >= 0.6 is 27.5 Å². The Morgan fingerprint density at radius 3 is 2.57 bits per heavy atom. The smallest absolute Gasteiger partial charge is 0.188 e. The van der Waals surface area contributed by atoms with E-state index < -0.39 is 0 Å². The van der Waals surface area contributed by atoms with Crippen molar-refractivity contribution in [1.29, 1.82) is 0 Å². The second-order valence-electron chi connectivity index (χ2n) is 2.47. The van der Waals surface area contributed by atoms with Gasteiger partial charge in [0, 0.05) is 17.6 Å². The average molecular weight is 282 g/mol. The summed E-state index contributed by atoms with van der Waals surface area (Å²) in [6, 6.07) is 3.41. The van der Waals surface area contributed by atoms with E-state index in [1.807, 2.05) is 0 Å². The van der Waals surface area contributed by atoms with Gasteiger partial charge in [0.25, 0.3) is 0 Å². The van der Waals surface area contributed by atoms with Crippen LogP contribution in [-0.4, -0.2) is 21.0 Å². The fourth-order valence-electron chi connectivity index (χ4n) is 0.905. The highest BCUT2D eigenvalue weighted by Gasteiger charge is 2.08. The molecule has 0 spiro atoms. The Kier molecular flexibility index (Phi) is 4.51. The minimum absolute atomic E-state index is 0.171. The van der Waals surface area contributed by atoms with Crippen molar-refractivity contribution in [2.75, 3.05) is 21.0 Å². The number of hydrogen-bond acceptors (Lipinski definition) is 3. The minimum Gasteiger partial charge on any atom is -0.493 e. The van der Waals surface area contributed by atoms with Crippen molar-refractivity contribution in [3.05, 3.63) is 21.6 Å². The van der Waals surface area contributed by atoms with Crippen molar-refractivity contribution in [2.24, 2.45) is 0 Å². The second-order valence-corrected chi connectivity index (χ2v) is 3.73. The lowest BCUT2D eigenvalue weighted by molar-refractivity contribution is 0.0491. The molecule has 0 amide bonds. The summed E-state index contributed by atoms with van der Waals surface area (Å²) in [6.45, 7) is 0.171. The second kappa shape index (κ2) is 5.44. The topological polar surface area (TPSA) is 27.7 Å². The molecule has 0 atom stereocenters. The molecule has 78 valence electrons. The Hall–Kier alpha value is -0.450. The molecule has 0 saturated carbocycles. The molecule has 0 radical (unpaired) electrons. The third-order valence-electron chi connectivity index (χ3n) is 1.54. The predicted molar refractivity (Wildman–Crippen MR) is 58.2 cm³/mol. The lowest BCUT2D eigenvalue weighted by Crippen LogP contribution is -2.00. The van der Waals surface area contributed by atoms with Gasteiger partial charge >= 0.3 is 0 Å². The fraction of sp³-hybridized carbons (Fsp3) is 0.333. The molecule has 0 N–H and O–H groups in total. The van der Waals surface area contributed by atoms with Crippen molar-refractivity contribution in [3.63, 3.8) is 0 Å². The molecule has 14 heavy (non-hydrogen) atoms. The number of rotatable bonds is 4. The van der Waals surface area contributed by atoms with E-state index in [1.54, 1.807) is 26.4 Å². The van der Waals surface area contributed by atoms with Crippen molar-refractivity contribution >= 4 is 27.5 Å². The average Bonchev–Trinajstić information content (AvgIpc) is 2.19. The summed E-state index contributed by atoms with van der Waals surface area (Å²) in [6.07, 6.45) is 0. The van der Waals surface area contributed by atoms with Crippen molar-refractivity contribution in [1.82, 2.24) is 0 Å². The Morgan fingerprint density at radius 2 is 2.00 bits per heavy atom. The fourth-order valence-corrected chi connectivity index (χ4v) is 1.38. The first-order chi connectivity index (χ1) is 6.69. The van der Waals surface area contributed by atoms with Gasteiger partial charge in [-0.05, 0) is 22.0 Å². The molecule has 1 aromatic carbocycles. The molecular formula is C9H10BrClO3. The van der Waals surface area contributed by atoms with Crippen LogP contribution in [0, 0.1) is 0 Å². The molecule has 0 aliphatic heterocycles. The van der Waals surface area contributed by atoms with Crippen molar-refractivity contribution < 1.29 is 14.2 Å². The molecule has 0 fully saturated rings. The summed E-state index contributed by atoms with van der Waals surface area (Å²) in [5, 5.41) is 0.576. The van der Waals surface area contributed by atoms with Crippen LogP contribution in [0.2, 0.25) is 5.02 Å². The largest absolute Gasteiger partial charge is 0.493 e. The highest BCUT2D eigenvalue weighted by molar-refractivity contribution is 9.10. The molecule has 0 unspecified atom stereocenters. The van der Waals surface area contributed by atoms with Crippen molar-refractivity contribution in [3.8, 4) is 11.5 Å². The van der Waals surface area contributed by atoms with Crippen LogP contribution in [0.15, 0.2) is 16.6 Å². The molecule has 1 rings (SSSR count). The zero-order valence-electron chi connectivity index (χ0n) is 7.84. The first-order valence-electron chi connectivity index (χ1n) is 3.83. The van der Waals surface area contributed by atoms with E-state index in [4.69, 9.17) is 25.8 Å². The maximum atomic E-state index is 5.88. The summed E-state index contributed by atoms with van der Waals surface area (Å²) in [4.78, 5) is 0. The van der Waals surface area contributed by atoms with Crippen LogP contribution in [0.4, 0.5) is 0 Å². The first-order valence-corrected chi connectivity index (χ1v) is 5.01. The normalized spacial score (nSPS) is 10.0. The van der Waals surface area contributed by atoms with Gasteiger partial charge in [-0.2, -0.15) is 0 Å². The Morgan fingerprint density at radius 1 is 1.29 bits per heavy atom. The maximum Gasteiger partial charge on any atom is 0.188 e. The van der Waals surface area contributed by atoms with E-state index >= 15 is 0 Å². The number of halogens is 2. The summed E-state index contributed by atoms with van der Waals surface area (Å²) < 4.78 is 15.9. The summed E-state index contributed by atoms with van der Waals surface area (Å²) >= 11 is 9.18. The maximum absolute atomic E-state index is 5.88. The predicted octanol–water partition coefficient (Wildman–Crippen LogP) is 3.09.